The fourth-order valence-corrected chi connectivity index (χ4v) is 0.847. The van der Waals surface area contributed by atoms with Gasteiger partial charge in [0.1, 0.15) is 0 Å². The van der Waals surface area contributed by atoms with Crippen molar-refractivity contribution in [1.82, 2.24) is 0 Å². The second kappa shape index (κ2) is 5.77. The summed E-state index contributed by atoms with van der Waals surface area (Å²) in [6, 6.07) is 0. The van der Waals surface area contributed by atoms with E-state index in [1.54, 1.807) is 0 Å². The van der Waals surface area contributed by atoms with E-state index < -0.39 is 36.5 Å². The third-order valence-corrected chi connectivity index (χ3v) is 1.89. The van der Waals surface area contributed by atoms with Crippen LogP contribution in [0.15, 0.2) is 0 Å². The van der Waals surface area contributed by atoms with E-state index in [1.807, 2.05) is 0 Å². The second-order valence-electron chi connectivity index (χ2n) is 3.24. The minimum absolute atomic E-state index is 0. The van der Waals surface area contributed by atoms with E-state index in [-0.39, 0.29) is 31.1 Å². The van der Waals surface area contributed by atoms with Crippen molar-refractivity contribution in [2.75, 3.05) is 0 Å². The molecule has 0 fully saturated rings. The summed E-state index contributed by atoms with van der Waals surface area (Å²) < 4.78 is 119. The van der Waals surface area contributed by atoms with Gasteiger partial charge in [0, 0.05) is 31.1 Å². The fraction of sp³-hybridized carbons (Fsp3) is 0.857. The molecule has 0 nitrogen and oxygen atoms in total. The third kappa shape index (κ3) is 4.47. The molecule has 0 amide bonds. The maximum absolute atomic E-state index is 12.8. The third-order valence-electron chi connectivity index (χ3n) is 1.89. The summed E-state index contributed by atoms with van der Waals surface area (Å²) in [5.74, 6) is -3.32. The summed E-state index contributed by atoms with van der Waals surface area (Å²) in [4.78, 5) is 0. The van der Waals surface area contributed by atoms with E-state index in [0.717, 1.165) is 0 Å². The van der Waals surface area contributed by atoms with E-state index in [1.165, 1.54) is 0 Å². The van der Waals surface area contributed by atoms with Crippen molar-refractivity contribution in [3.05, 3.63) is 6.92 Å². The summed E-state index contributed by atoms with van der Waals surface area (Å²) in [5, 5.41) is 0. The zero-order valence-corrected chi connectivity index (χ0v) is 12.4. The van der Waals surface area contributed by atoms with E-state index in [0.29, 0.717) is 0 Å². The smallest absolute Gasteiger partial charge is 0.332 e. The molecule has 11 heteroatoms. The first-order valence-electron chi connectivity index (χ1n) is 3.85. The van der Waals surface area contributed by atoms with E-state index in [2.05, 4.69) is 6.92 Å². The van der Waals surface area contributed by atoms with Crippen molar-refractivity contribution in [3.63, 3.8) is 0 Å². The molecule has 0 aromatic carbocycles. The molecule has 0 aliphatic carbocycles. The molecule has 1 unspecified atom stereocenters. The second-order valence-corrected chi connectivity index (χ2v) is 3.24. The van der Waals surface area contributed by atoms with Crippen LogP contribution in [0.1, 0.15) is 6.42 Å². The van der Waals surface area contributed by atoms with Crippen LogP contribution < -0.4 is 0 Å². The summed E-state index contributed by atoms with van der Waals surface area (Å²) >= 11 is 0. The molecule has 0 saturated carbocycles. The van der Waals surface area contributed by atoms with Gasteiger partial charge >= 0.3 is 18.5 Å². The Morgan fingerprint density at radius 1 is 0.722 bits per heavy atom. The van der Waals surface area contributed by atoms with Crippen molar-refractivity contribution < 1.29 is 75.0 Å². The Morgan fingerprint density at radius 2 is 1.00 bits per heavy atom. The summed E-state index contributed by atoms with van der Waals surface area (Å²) in [7, 11) is 0. The SMILES string of the molecule is [CH2-]C(CC(F)(C(F)(F)F)C(F)(F)F)C(F)(F)F.[U]. The molecule has 0 spiro atoms. The maximum Gasteiger partial charge on any atom is 0.431 e. The average Bonchev–Trinajstić information content (AvgIpc) is 1.97. The van der Waals surface area contributed by atoms with Crippen LogP contribution >= 0.6 is 0 Å². The molecule has 0 aromatic rings. The number of alkyl halides is 10. The molecule has 0 bridgehead atoms. The van der Waals surface area contributed by atoms with E-state index in [4.69, 9.17) is 0 Å². The Hall–Kier alpha value is 0.352. The predicted octanol–water partition coefficient (Wildman–Crippen LogP) is 4.22. The molecule has 18 heavy (non-hydrogen) atoms. The molecule has 0 aliphatic rings. The Kier molecular flexibility index (Phi) is 6.63. The van der Waals surface area contributed by atoms with Gasteiger partial charge in [-0.05, 0) is 6.42 Å². The first-order valence-corrected chi connectivity index (χ1v) is 3.85. The van der Waals surface area contributed by atoms with Gasteiger partial charge in [0.15, 0.2) is 0 Å². The van der Waals surface area contributed by atoms with E-state index >= 15 is 0 Å². The molecule has 0 rings (SSSR count). The van der Waals surface area contributed by atoms with Crippen LogP contribution in [0.2, 0.25) is 0 Å². The molecule has 0 radical (unpaired) electrons. The molecule has 0 saturated heterocycles. The molecule has 0 N–H and O–H groups in total. The van der Waals surface area contributed by atoms with Gasteiger partial charge in [0.2, 0.25) is 0 Å². The Bertz CT molecular complexity index is 247. The standard InChI is InChI=1S/C7H5F10.U/c1-3(5(9,10)11)2-4(8,6(12,13)14)7(15,16)17;/h3H,1-2H2;/q-1;. The first kappa shape index (κ1) is 20.7. The normalized spacial score (nSPS) is 16.2. The zero-order chi connectivity index (χ0) is 14.3. The molecular formula is C7H5F10U-. The number of hydrogen-bond acceptors (Lipinski definition) is 0. The van der Waals surface area contributed by atoms with Gasteiger partial charge in [-0.1, -0.05) is 5.92 Å². The number of halogens is 10. The van der Waals surface area contributed by atoms with Gasteiger partial charge in [0.25, 0.3) is 5.67 Å². The maximum atomic E-state index is 12.8. The molecule has 108 valence electrons. The molecule has 0 heterocycles. The zero-order valence-electron chi connectivity index (χ0n) is 8.27. The van der Waals surface area contributed by atoms with Gasteiger partial charge in [0.05, 0.1) is 0 Å². The molecule has 0 aliphatic heterocycles. The van der Waals surface area contributed by atoms with Crippen molar-refractivity contribution in [2.45, 2.75) is 30.6 Å². The van der Waals surface area contributed by atoms with Gasteiger partial charge in [-0.2, -0.15) is 39.5 Å². The van der Waals surface area contributed by atoms with Crippen molar-refractivity contribution in [3.8, 4) is 0 Å². The largest absolute Gasteiger partial charge is 0.431 e. The number of hydrogen-bond donors (Lipinski definition) is 0. The van der Waals surface area contributed by atoms with E-state index in [9.17, 15) is 43.9 Å². The summed E-state index contributed by atoms with van der Waals surface area (Å²) in [6.45, 7) is 2.06. The minimum atomic E-state index is -6.49. The van der Waals surface area contributed by atoms with Crippen LogP contribution in [0.25, 0.3) is 0 Å². The van der Waals surface area contributed by atoms with Gasteiger partial charge in [-0.3, -0.25) is 0 Å². The van der Waals surface area contributed by atoms with Crippen LogP contribution in [-0.4, -0.2) is 24.2 Å². The van der Waals surface area contributed by atoms with Crippen molar-refractivity contribution in [1.29, 1.82) is 0 Å². The van der Waals surface area contributed by atoms with Crippen molar-refractivity contribution in [2.24, 2.45) is 5.92 Å². The number of rotatable bonds is 2. The summed E-state index contributed by atoms with van der Waals surface area (Å²) in [6.07, 6.45) is -21.3. The quantitative estimate of drug-likeness (QED) is 0.381. The Morgan fingerprint density at radius 3 is 1.17 bits per heavy atom. The van der Waals surface area contributed by atoms with Gasteiger partial charge in [-0.15, -0.1) is 0 Å². The molecule has 1 atom stereocenters. The first-order chi connectivity index (χ1) is 7.13. The Labute approximate surface area is 118 Å². The van der Waals surface area contributed by atoms with Crippen LogP contribution in [0, 0.1) is 44.0 Å². The summed E-state index contributed by atoms with van der Waals surface area (Å²) in [5.41, 5.74) is -5.93. The van der Waals surface area contributed by atoms with Crippen LogP contribution in [-0.2, 0) is 0 Å². The molecule has 0 aromatic heterocycles. The van der Waals surface area contributed by atoms with Crippen molar-refractivity contribution >= 4 is 0 Å². The average molecular weight is 517 g/mol. The van der Waals surface area contributed by atoms with Crippen LogP contribution in [0.3, 0.4) is 0 Å². The van der Waals surface area contributed by atoms with Crippen LogP contribution in [0.5, 0.6) is 0 Å². The minimum Gasteiger partial charge on any atom is -0.332 e. The molecular weight excluding hydrogens is 512 g/mol. The topological polar surface area (TPSA) is 0 Å². The Balaban J connectivity index is 0. The van der Waals surface area contributed by atoms with Gasteiger partial charge in [-0.25, -0.2) is 4.39 Å². The fourth-order valence-electron chi connectivity index (χ4n) is 0.847. The van der Waals surface area contributed by atoms with Gasteiger partial charge < -0.3 is 6.92 Å². The predicted molar refractivity (Wildman–Crippen MR) is 35.5 cm³/mol. The monoisotopic (exact) mass is 517 g/mol. The van der Waals surface area contributed by atoms with Crippen LogP contribution in [0.4, 0.5) is 43.9 Å².